The monoisotopic (exact) mass is 231 g/mol. The van der Waals surface area contributed by atoms with Gasteiger partial charge in [0.1, 0.15) is 5.52 Å². The zero-order valence-corrected chi connectivity index (χ0v) is 9.20. The van der Waals surface area contributed by atoms with E-state index in [0.29, 0.717) is 5.89 Å². The van der Waals surface area contributed by atoms with E-state index in [9.17, 15) is 0 Å². The molecule has 0 radical (unpaired) electrons. The summed E-state index contributed by atoms with van der Waals surface area (Å²) in [5.74, 6) is 0.639. The lowest BCUT2D eigenvalue weighted by Crippen LogP contribution is -1.80. The van der Waals surface area contributed by atoms with Crippen LogP contribution < -0.4 is 0 Å². The van der Waals surface area contributed by atoms with Crippen molar-refractivity contribution in [3.8, 4) is 10.8 Å². The topological polar surface area (TPSA) is 46.3 Å². The molecule has 2 heterocycles. The summed E-state index contributed by atoms with van der Waals surface area (Å²) < 4.78 is 5.64. The van der Waals surface area contributed by atoms with E-state index in [1.807, 2.05) is 35.7 Å². The maximum Gasteiger partial charge on any atom is 0.237 e. The molecule has 0 bridgehead atoms. The number of nitrogens with zero attached hydrogens (tertiary/aromatic N) is 1. The predicted molar refractivity (Wildman–Crippen MR) is 63.2 cm³/mol. The molecule has 4 heteroatoms. The highest BCUT2D eigenvalue weighted by Crippen LogP contribution is 2.27. The maximum atomic E-state index is 9.03. The predicted octanol–water partition coefficient (Wildman–Crippen LogP) is 3.05. The van der Waals surface area contributed by atoms with Crippen LogP contribution in [-0.4, -0.2) is 10.1 Å². The number of aliphatic hydroxyl groups is 1. The fourth-order valence-corrected chi connectivity index (χ4v) is 2.22. The summed E-state index contributed by atoms with van der Waals surface area (Å²) >= 11 is 1.60. The first-order chi connectivity index (χ1) is 7.86. The number of aliphatic hydroxyl groups excluding tert-OH is 1. The van der Waals surface area contributed by atoms with Crippen molar-refractivity contribution in [2.45, 2.75) is 6.61 Å². The molecule has 1 aromatic carbocycles. The van der Waals surface area contributed by atoms with E-state index in [2.05, 4.69) is 4.98 Å². The van der Waals surface area contributed by atoms with Crippen molar-refractivity contribution < 1.29 is 9.52 Å². The smallest absolute Gasteiger partial charge is 0.237 e. The molecule has 16 heavy (non-hydrogen) atoms. The second-order valence-corrected chi connectivity index (χ2v) is 4.40. The van der Waals surface area contributed by atoms with Crippen molar-refractivity contribution in [3.05, 3.63) is 41.3 Å². The minimum Gasteiger partial charge on any atom is -0.435 e. The molecule has 1 N–H and O–H groups in total. The Hall–Kier alpha value is -1.65. The Morgan fingerprint density at radius 2 is 2.25 bits per heavy atom. The van der Waals surface area contributed by atoms with Crippen LogP contribution in [0.4, 0.5) is 0 Å². The lowest BCUT2D eigenvalue weighted by Gasteiger charge is -1.92. The molecule has 0 aliphatic rings. The minimum atomic E-state index is 0.0188. The van der Waals surface area contributed by atoms with Gasteiger partial charge in [0.05, 0.1) is 11.5 Å². The first-order valence-corrected chi connectivity index (χ1v) is 5.79. The van der Waals surface area contributed by atoms with Crippen molar-refractivity contribution in [2.24, 2.45) is 0 Å². The second-order valence-electron chi connectivity index (χ2n) is 3.46. The first kappa shape index (κ1) is 9.57. The van der Waals surface area contributed by atoms with Gasteiger partial charge in [-0.2, -0.15) is 0 Å². The van der Waals surface area contributed by atoms with Gasteiger partial charge in [0, 0.05) is 0 Å². The van der Waals surface area contributed by atoms with Gasteiger partial charge in [0.2, 0.25) is 5.89 Å². The Balaban J connectivity index is 2.16. The second kappa shape index (κ2) is 3.73. The van der Waals surface area contributed by atoms with Gasteiger partial charge in [0.25, 0.3) is 0 Å². The SMILES string of the molecule is OCc1ccc2nc(-c3cccs3)oc2c1. The third-order valence-corrected chi connectivity index (χ3v) is 3.23. The molecule has 2 aromatic heterocycles. The molecule has 3 nitrogen and oxygen atoms in total. The van der Waals surface area contributed by atoms with E-state index in [-0.39, 0.29) is 6.61 Å². The lowest BCUT2D eigenvalue weighted by molar-refractivity contribution is 0.282. The van der Waals surface area contributed by atoms with Crippen molar-refractivity contribution >= 4 is 22.4 Å². The number of hydrogen-bond donors (Lipinski definition) is 1. The molecule has 0 saturated heterocycles. The summed E-state index contributed by atoms with van der Waals surface area (Å²) in [4.78, 5) is 5.41. The van der Waals surface area contributed by atoms with Gasteiger partial charge in [-0.05, 0) is 29.1 Å². The molecule has 0 fully saturated rings. The standard InChI is InChI=1S/C12H9NO2S/c14-7-8-3-4-9-10(6-8)15-12(13-9)11-2-1-5-16-11/h1-6,14H,7H2. The van der Waals surface area contributed by atoms with Crippen molar-refractivity contribution in [1.29, 1.82) is 0 Å². The van der Waals surface area contributed by atoms with Crippen LogP contribution in [0.1, 0.15) is 5.56 Å². The largest absolute Gasteiger partial charge is 0.435 e. The third-order valence-electron chi connectivity index (χ3n) is 2.37. The quantitative estimate of drug-likeness (QED) is 0.737. The first-order valence-electron chi connectivity index (χ1n) is 4.91. The Morgan fingerprint density at radius 3 is 3.00 bits per heavy atom. The van der Waals surface area contributed by atoms with Crippen LogP contribution in [0.5, 0.6) is 0 Å². The lowest BCUT2D eigenvalue weighted by atomic mass is 10.2. The van der Waals surface area contributed by atoms with Crippen LogP contribution in [0, 0.1) is 0 Å². The summed E-state index contributed by atoms with van der Waals surface area (Å²) in [5.41, 5.74) is 2.37. The fraction of sp³-hybridized carbons (Fsp3) is 0.0833. The molecule has 0 aliphatic heterocycles. The molecule has 0 spiro atoms. The molecule has 80 valence electrons. The molecule has 0 aliphatic carbocycles. The Kier molecular flexibility index (Phi) is 2.23. The zero-order valence-electron chi connectivity index (χ0n) is 8.38. The molecule has 0 amide bonds. The van der Waals surface area contributed by atoms with E-state index >= 15 is 0 Å². The number of oxazole rings is 1. The van der Waals surface area contributed by atoms with Gasteiger partial charge in [0.15, 0.2) is 5.58 Å². The van der Waals surface area contributed by atoms with Crippen LogP contribution in [0.3, 0.4) is 0 Å². The van der Waals surface area contributed by atoms with Crippen molar-refractivity contribution in [2.75, 3.05) is 0 Å². The summed E-state index contributed by atoms with van der Waals surface area (Å²) in [5, 5.41) is 11.0. The number of benzene rings is 1. The van der Waals surface area contributed by atoms with Gasteiger partial charge < -0.3 is 9.52 Å². The highest BCUT2D eigenvalue weighted by molar-refractivity contribution is 7.13. The van der Waals surface area contributed by atoms with Crippen LogP contribution in [-0.2, 0) is 6.61 Å². The van der Waals surface area contributed by atoms with Crippen LogP contribution in [0.2, 0.25) is 0 Å². The van der Waals surface area contributed by atoms with Gasteiger partial charge in [-0.15, -0.1) is 11.3 Å². The summed E-state index contributed by atoms with van der Waals surface area (Å²) in [6, 6.07) is 9.47. The third kappa shape index (κ3) is 1.52. The Labute approximate surface area is 96.0 Å². The molecule has 3 rings (SSSR count). The molecular weight excluding hydrogens is 222 g/mol. The summed E-state index contributed by atoms with van der Waals surface area (Å²) in [7, 11) is 0. The van der Waals surface area contributed by atoms with E-state index in [1.165, 1.54) is 0 Å². The number of aromatic nitrogens is 1. The van der Waals surface area contributed by atoms with Crippen LogP contribution in [0.25, 0.3) is 21.9 Å². The zero-order chi connectivity index (χ0) is 11.0. The van der Waals surface area contributed by atoms with Crippen LogP contribution >= 0.6 is 11.3 Å². The van der Waals surface area contributed by atoms with E-state index in [0.717, 1.165) is 21.5 Å². The van der Waals surface area contributed by atoms with Crippen molar-refractivity contribution in [1.82, 2.24) is 4.98 Å². The van der Waals surface area contributed by atoms with E-state index < -0.39 is 0 Å². The fourth-order valence-electron chi connectivity index (χ4n) is 1.57. The average molecular weight is 231 g/mol. The van der Waals surface area contributed by atoms with Gasteiger partial charge in [-0.25, -0.2) is 4.98 Å². The summed E-state index contributed by atoms with van der Waals surface area (Å²) in [6.45, 7) is 0.0188. The number of fused-ring (bicyclic) bond motifs is 1. The molecule has 0 unspecified atom stereocenters. The van der Waals surface area contributed by atoms with Gasteiger partial charge in [-0.1, -0.05) is 12.1 Å². The van der Waals surface area contributed by atoms with E-state index in [1.54, 1.807) is 11.3 Å². The number of rotatable bonds is 2. The molecule has 0 saturated carbocycles. The summed E-state index contributed by atoms with van der Waals surface area (Å²) in [6.07, 6.45) is 0. The molecule has 0 atom stereocenters. The highest BCUT2D eigenvalue weighted by atomic mass is 32.1. The molecule has 3 aromatic rings. The number of thiophene rings is 1. The van der Waals surface area contributed by atoms with Gasteiger partial charge >= 0.3 is 0 Å². The Bertz CT molecular complexity index is 613. The highest BCUT2D eigenvalue weighted by Gasteiger charge is 2.08. The van der Waals surface area contributed by atoms with Crippen LogP contribution in [0.15, 0.2) is 40.1 Å². The molecular formula is C12H9NO2S. The van der Waals surface area contributed by atoms with Gasteiger partial charge in [-0.3, -0.25) is 0 Å². The maximum absolute atomic E-state index is 9.03. The van der Waals surface area contributed by atoms with Crippen molar-refractivity contribution in [3.63, 3.8) is 0 Å². The normalized spacial score (nSPS) is 11.1. The van der Waals surface area contributed by atoms with E-state index in [4.69, 9.17) is 9.52 Å². The average Bonchev–Trinajstić information content (AvgIpc) is 2.96. The minimum absolute atomic E-state index is 0.0188. The number of hydrogen-bond acceptors (Lipinski definition) is 4. The Morgan fingerprint density at radius 1 is 1.31 bits per heavy atom.